The maximum Gasteiger partial charge on any atom is 0.104 e. The maximum absolute atomic E-state index is 5.88. The minimum Gasteiger partial charge on any atom is -0.373 e. The summed E-state index contributed by atoms with van der Waals surface area (Å²) in [7, 11) is 0. The van der Waals surface area contributed by atoms with Gasteiger partial charge in [-0.05, 0) is 12.8 Å². The molecule has 0 spiro atoms. The number of ether oxygens (including phenoxy) is 4. The highest BCUT2D eigenvalue weighted by molar-refractivity contribution is 4.80. The minimum absolute atomic E-state index is 0.275. The molecule has 0 N–H and O–H groups in total. The summed E-state index contributed by atoms with van der Waals surface area (Å²) in [6, 6.07) is 0. The largest absolute Gasteiger partial charge is 0.373 e. The standard InChI is InChI=1S/C12H20O4/c1-2-4-12(16-8-10-6-14-10)11(3-1)15-7-9-5-13-9/h9-12H,1-8H2/t9?,10?,11-,12-/m1/s1. The van der Waals surface area contributed by atoms with Gasteiger partial charge in [0, 0.05) is 0 Å². The van der Waals surface area contributed by atoms with Crippen molar-refractivity contribution in [3.63, 3.8) is 0 Å². The van der Waals surface area contributed by atoms with Gasteiger partial charge < -0.3 is 18.9 Å². The molecule has 0 bridgehead atoms. The Morgan fingerprint density at radius 3 is 1.62 bits per heavy atom. The lowest BCUT2D eigenvalue weighted by atomic mass is 9.94. The van der Waals surface area contributed by atoms with E-state index in [4.69, 9.17) is 18.9 Å². The molecular weight excluding hydrogens is 208 g/mol. The Morgan fingerprint density at radius 2 is 1.25 bits per heavy atom. The Hall–Kier alpha value is -0.160. The van der Waals surface area contributed by atoms with Crippen LogP contribution in [0.1, 0.15) is 25.7 Å². The second-order valence-corrected chi connectivity index (χ2v) is 4.94. The summed E-state index contributed by atoms with van der Waals surface area (Å²) >= 11 is 0. The third-order valence-electron chi connectivity index (χ3n) is 3.44. The summed E-state index contributed by atoms with van der Waals surface area (Å²) in [5.41, 5.74) is 0. The van der Waals surface area contributed by atoms with Gasteiger partial charge in [-0.1, -0.05) is 12.8 Å². The molecule has 0 aromatic rings. The van der Waals surface area contributed by atoms with E-state index in [-0.39, 0.29) is 12.2 Å². The molecule has 92 valence electrons. The Kier molecular flexibility index (Phi) is 3.43. The fourth-order valence-corrected chi connectivity index (χ4v) is 2.23. The summed E-state index contributed by atoms with van der Waals surface area (Å²) in [5.74, 6) is 0. The van der Waals surface area contributed by atoms with Crippen LogP contribution in [0.5, 0.6) is 0 Å². The Labute approximate surface area is 96.2 Å². The van der Waals surface area contributed by atoms with E-state index in [2.05, 4.69) is 0 Å². The summed E-state index contributed by atoms with van der Waals surface area (Å²) < 4.78 is 22.1. The molecule has 0 radical (unpaired) electrons. The van der Waals surface area contributed by atoms with Gasteiger partial charge in [-0.3, -0.25) is 0 Å². The molecule has 2 heterocycles. The van der Waals surface area contributed by atoms with Crippen molar-refractivity contribution < 1.29 is 18.9 Å². The Morgan fingerprint density at radius 1 is 0.812 bits per heavy atom. The van der Waals surface area contributed by atoms with E-state index in [0.29, 0.717) is 12.2 Å². The quantitative estimate of drug-likeness (QED) is 0.639. The molecule has 3 rings (SSSR count). The predicted octanol–water partition coefficient (Wildman–Crippen LogP) is 1.13. The zero-order valence-electron chi connectivity index (χ0n) is 9.60. The molecule has 16 heavy (non-hydrogen) atoms. The van der Waals surface area contributed by atoms with Crippen molar-refractivity contribution in [2.45, 2.75) is 50.1 Å². The van der Waals surface area contributed by atoms with Crippen LogP contribution >= 0.6 is 0 Å². The van der Waals surface area contributed by atoms with Crippen molar-refractivity contribution in [1.82, 2.24) is 0 Å². The van der Waals surface area contributed by atoms with Gasteiger partial charge in [0.05, 0.1) is 38.6 Å². The highest BCUT2D eigenvalue weighted by Gasteiger charge is 2.32. The first kappa shape index (κ1) is 11.0. The van der Waals surface area contributed by atoms with E-state index in [1.165, 1.54) is 12.8 Å². The van der Waals surface area contributed by atoms with Crippen LogP contribution in [-0.4, -0.2) is 50.8 Å². The first-order valence-corrected chi connectivity index (χ1v) is 6.38. The molecule has 3 aliphatic rings. The molecule has 4 heteroatoms. The fraction of sp³-hybridized carbons (Fsp3) is 1.00. The second kappa shape index (κ2) is 5.00. The predicted molar refractivity (Wildman–Crippen MR) is 57.4 cm³/mol. The summed E-state index contributed by atoms with van der Waals surface area (Å²) in [6.45, 7) is 3.22. The summed E-state index contributed by atoms with van der Waals surface area (Å²) in [4.78, 5) is 0. The van der Waals surface area contributed by atoms with E-state index >= 15 is 0 Å². The molecule has 2 aliphatic heterocycles. The van der Waals surface area contributed by atoms with Gasteiger partial charge in [-0.15, -0.1) is 0 Å². The van der Waals surface area contributed by atoms with Gasteiger partial charge in [0.2, 0.25) is 0 Å². The van der Waals surface area contributed by atoms with Crippen LogP contribution in [0.3, 0.4) is 0 Å². The third kappa shape index (κ3) is 3.17. The molecule has 0 aromatic carbocycles. The second-order valence-electron chi connectivity index (χ2n) is 4.94. The molecule has 3 fully saturated rings. The molecule has 4 nitrogen and oxygen atoms in total. The normalized spacial score (nSPS) is 42.0. The first-order chi connectivity index (χ1) is 7.92. The molecule has 0 aromatic heterocycles. The SMILES string of the molecule is C1CC[C@@H](OCC2CO2)[C@H](OCC2CO2)C1. The molecular formula is C12H20O4. The monoisotopic (exact) mass is 228 g/mol. The van der Waals surface area contributed by atoms with Crippen LogP contribution in [0.4, 0.5) is 0 Å². The highest BCUT2D eigenvalue weighted by atomic mass is 16.6. The van der Waals surface area contributed by atoms with Crippen molar-refractivity contribution in [3.8, 4) is 0 Å². The van der Waals surface area contributed by atoms with E-state index in [9.17, 15) is 0 Å². The number of hydrogen-bond acceptors (Lipinski definition) is 4. The van der Waals surface area contributed by atoms with E-state index < -0.39 is 0 Å². The third-order valence-corrected chi connectivity index (χ3v) is 3.44. The van der Waals surface area contributed by atoms with E-state index in [1.54, 1.807) is 0 Å². The number of epoxide rings is 2. The molecule has 4 atom stereocenters. The van der Waals surface area contributed by atoms with Crippen LogP contribution < -0.4 is 0 Å². The number of rotatable bonds is 6. The lowest BCUT2D eigenvalue weighted by Crippen LogP contribution is -2.36. The Balaban J connectivity index is 1.42. The minimum atomic E-state index is 0.275. The summed E-state index contributed by atoms with van der Waals surface area (Å²) in [6.07, 6.45) is 6.04. The zero-order chi connectivity index (χ0) is 10.8. The van der Waals surface area contributed by atoms with Crippen LogP contribution in [0.15, 0.2) is 0 Å². The van der Waals surface area contributed by atoms with Crippen LogP contribution in [0.2, 0.25) is 0 Å². The van der Waals surface area contributed by atoms with Crippen LogP contribution in [0.25, 0.3) is 0 Å². The van der Waals surface area contributed by atoms with Gasteiger partial charge in [0.25, 0.3) is 0 Å². The van der Waals surface area contributed by atoms with Crippen molar-refractivity contribution >= 4 is 0 Å². The number of hydrogen-bond donors (Lipinski definition) is 0. The van der Waals surface area contributed by atoms with Gasteiger partial charge in [-0.2, -0.15) is 0 Å². The molecule has 1 saturated carbocycles. The van der Waals surface area contributed by atoms with E-state index in [0.717, 1.165) is 39.3 Å². The van der Waals surface area contributed by atoms with Crippen molar-refractivity contribution in [3.05, 3.63) is 0 Å². The van der Waals surface area contributed by atoms with Crippen molar-refractivity contribution in [1.29, 1.82) is 0 Å². The summed E-state index contributed by atoms with van der Waals surface area (Å²) in [5, 5.41) is 0. The van der Waals surface area contributed by atoms with Crippen molar-refractivity contribution in [2.24, 2.45) is 0 Å². The average molecular weight is 228 g/mol. The fourth-order valence-electron chi connectivity index (χ4n) is 2.23. The van der Waals surface area contributed by atoms with Crippen LogP contribution in [-0.2, 0) is 18.9 Å². The molecule has 1 aliphatic carbocycles. The van der Waals surface area contributed by atoms with Gasteiger partial charge in [0.1, 0.15) is 12.2 Å². The molecule has 0 amide bonds. The van der Waals surface area contributed by atoms with Gasteiger partial charge in [-0.25, -0.2) is 0 Å². The molecule has 2 unspecified atom stereocenters. The lowest BCUT2D eigenvalue weighted by molar-refractivity contribution is -0.0968. The molecule has 2 saturated heterocycles. The van der Waals surface area contributed by atoms with Crippen LogP contribution in [0, 0.1) is 0 Å². The topological polar surface area (TPSA) is 43.5 Å². The van der Waals surface area contributed by atoms with Gasteiger partial charge in [0.15, 0.2) is 0 Å². The first-order valence-electron chi connectivity index (χ1n) is 6.38. The maximum atomic E-state index is 5.88. The smallest absolute Gasteiger partial charge is 0.104 e. The lowest BCUT2D eigenvalue weighted by Gasteiger charge is -2.31. The Bertz CT molecular complexity index is 201. The van der Waals surface area contributed by atoms with Gasteiger partial charge >= 0.3 is 0 Å². The highest BCUT2D eigenvalue weighted by Crippen LogP contribution is 2.26. The van der Waals surface area contributed by atoms with E-state index in [1.807, 2.05) is 0 Å². The van der Waals surface area contributed by atoms with Crippen molar-refractivity contribution in [2.75, 3.05) is 26.4 Å². The zero-order valence-corrected chi connectivity index (χ0v) is 9.60. The average Bonchev–Trinajstić information content (AvgIpc) is 3.17.